The van der Waals surface area contributed by atoms with Crippen molar-refractivity contribution in [1.29, 1.82) is 0 Å². The van der Waals surface area contributed by atoms with Gasteiger partial charge in [0.15, 0.2) is 5.58 Å². The highest BCUT2D eigenvalue weighted by molar-refractivity contribution is 6.09. The van der Waals surface area contributed by atoms with Gasteiger partial charge in [-0.1, -0.05) is 115 Å². The average molecular weight is 786 g/mol. The van der Waals surface area contributed by atoms with E-state index < -0.39 is 0 Å². The Morgan fingerprint density at radius 2 is 0.836 bits per heavy atom. The van der Waals surface area contributed by atoms with E-state index in [0.29, 0.717) is 11.5 Å². The summed E-state index contributed by atoms with van der Waals surface area (Å²) in [5.41, 5.74) is 13.4. The van der Waals surface area contributed by atoms with Crippen molar-refractivity contribution in [3.63, 3.8) is 0 Å². The molecule has 3 aromatic heterocycles. The van der Waals surface area contributed by atoms with Gasteiger partial charge in [0.05, 0.1) is 11.4 Å². The van der Waals surface area contributed by atoms with Crippen molar-refractivity contribution in [1.82, 2.24) is 4.98 Å². The molecule has 288 valence electrons. The third kappa shape index (κ3) is 6.00. The van der Waals surface area contributed by atoms with Gasteiger partial charge in [0.25, 0.3) is 0 Å². The molecule has 0 atom stereocenters. The van der Waals surface area contributed by atoms with Gasteiger partial charge >= 0.3 is 0 Å². The zero-order valence-corrected chi connectivity index (χ0v) is 32.8. The van der Waals surface area contributed by atoms with E-state index in [0.717, 1.165) is 100 Å². The Morgan fingerprint density at radius 3 is 1.61 bits per heavy atom. The van der Waals surface area contributed by atoms with Gasteiger partial charge in [-0.05, 0) is 96.1 Å². The predicted octanol–water partition coefficient (Wildman–Crippen LogP) is 15.9. The van der Waals surface area contributed by atoms with Crippen LogP contribution in [0, 0.1) is 0 Å². The zero-order valence-electron chi connectivity index (χ0n) is 32.8. The Kier molecular flexibility index (Phi) is 8.06. The van der Waals surface area contributed by atoms with Gasteiger partial charge in [-0.25, -0.2) is 4.98 Å². The van der Waals surface area contributed by atoms with Crippen molar-refractivity contribution in [2.75, 3.05) is 9.80 Å². The van der Waals surface area contributed by atoms with Gasteiger partial charge in [0.1, 0.15) is 27.8 Å². The maximum absolute atomic E-state index is 6.80. The number of fused-ring (bicyclic) bond motifs is 7. The Labute approximate surface area is 350 Å². The highest BCUT2D eigenvalue weighted by atomic mass is 16.3. The van der Waals surface area contributed by atoms with Crippen molar-refractivity contribution in [3.8, 4) is 22.6 Å². The predicted molar refractivity (Wildman–Crippen MR) is 249 cm³/mol. The summed E-state index contributed by atoms with van der Waals surface area (Å²) in [6, 6.07) is 73.2. The molecule has 0 N–H and O–H groups in total. The Bertz CT molecular complexity index is 3550. The van der Waals surface area contributed by atoms with Gasteiger partial charge < -0.3 is 23.1 Å². The van der Waals surface area contributed by atoms with Crippen LogP contribution >= 0.6 is 0 Å². The number of anilines is 6. The molecule has 0 aliphatic carbocycles. The number of benzene rings is 9. The minimum absolute atomic E-state index is 0.540. The van der Waals surface area contributed by atoms with E-state index in [1.54, 1.807) is 0 Å². The van der Waals surface area contributed by atoms with Crippen LogP contribution in [-0.2, 0) is 0 Å². The molecule has 0 saturated carbocycles. The largest absolute Gasteiger partial charge is 0.456 e. The van der Waals surface area contributed by atoms with Crippen molar-refractivity contribution in [3.05, 3.63) is 212 Å². The zero-order chi connectivity index (χ0) is 40.3. The van der Waals surface area contributed by atoms with Crippen LogP contribution in [0.25, 0.3) is 77.6 Å². The summed E-state index contributed by atoms with van der Waals surface area (Å²) in [4.78, 5) is 9.84. The molecule has 6 heteroatoms. The summed E-state index contributed by atoms with van der Waals surface area (Å²) in [7, 11) is 0. The minimum Gasteiger partial charge on any atom is -0.456 e. The summed E-state index contributed by atoms with van der Waals surface area (Å²) in [5.74, 6) is 0.540. The van der Waals surface area contributed by atoms with Crippen LogP contribution in [0.1, 0.15) is 0 Å². The maximum Gasteiger partial charge on any atom is 0.227 e. The maximum atomic E-state index is 6.80. The first-order valence-corrected chi connectivity index (χ1v) is 20.4. The lowest BCUT2D eigenvalue weighted by molar-refractivity contribution is 0.620. The Morgan fingerprint density at radius 1 is 0.295 bits per heavy atom. The lowest BCUT2D eigenvalue weighted by Gasteiger charge is -2.29. The first kappa shape index (κ1) is 34.7. The molecule has 0 amide bonds. The molecule has 61 heavy (non-hydrogen) atoms. The number of para-hydroxylation sites is 3. The second-order valence-electron chi connectivity index (χ2n) is 15.2. The van der Waals surface area contributed by atoms with E-state index in [9.17, 15) is 0 Å². The fourth-order valence-corrected chi connectivity index (χ4v) is 8.61. The van der Waals surface area contributed by atoms with Gasteiger partial charge in [-0.15, -0.1) is 0 Å². The van der Waals surface area contributed by atoms with Crippen molar-refractivity contribution in [2.24, 2.45) is 0 Å². The molecule has 0 aliphatic heterocycles. The second kappa shape index (κ2) is 14.2. The molecule has 6 nitrogen and oxygen atoms in total. The van der Waals surface area contributed by atoms with Gasteiger partial charge in [0, 0.05) is 62.0 Å². The molecule has 0 saturated heterocycles. The Hall–Kier alpha value is -8.35. The summed E-state index contributed by atoms with van der Waals surface area (Å²) < 4.78 is 19.6. The standard InChI is InChI=1S/C55H35N3O3/c1-4-15-36(16-5-1)38-19-14-22-40(31-38)58(41-28-30-51-47(32-41)45-24-11-13-26-50(45)59-51)48-33-43(35-53-54(48)56-55(61-53)37-17-6-2-7-18-37)57(39-20-8-3-9-21-39)42-27-29-46-44-23-10-12-25-49(44)60-52(46)34-42/h1-35H. The fourth-order valence-electron chi connectivity index (χ4n) is 8.61. The van der Waals surface area contributed by atoms with Crippen LogP contribution < -0.4 is 9.80 Å². The molecule has 0 radical (unpaired) electrons. The van der Waals surface area contributed by atoms with Crippen molar-refractivity contribution >= 4 is 89.1 Å². The lowest BCUT2D eigenvalue weighted by Crippen LogP contribution is -2.14. The van der Waals surface area contributed by atoms with E-state index in [4.69, 9.17) is 18.2 Å². The minimum atomic E-state index is 0.540. The summed E-state index contributed by atoms with van der Waals surface area (Å²) in [5, 5.41) is 4.24. The van der Waals surface area contributed by atoms with Crippen molar-refractivity contribution in [2.45, 2.75) is 0 Å². The molecule has 0 aliphatic rings. The molecular formula is C55H35N3O3. The third-order valence-corrected chi connectivity index (χ3v) is 11.4. The monoisotopic (exact) mass is 785 g/mol. The molecule has 3 heterocycles. The van der Waals surface area contributed by atoms with Gasteiger partial charge in [-0.3, -0.25) is 0 Å². The fraction of sp³-hybridized carbons (Fsp3) is 0. The van der Waals surface area contributed by atoms with Crippen LogP contribution in [0.5, 0.6) is 0 Å². The first-order chi connectivity index (χ1) is 30.2. The highest BCUT2D eigenvalue weighted by Gasteiger charge is 2.25. The molecule has 0 bridgehead atoms. The number of nitrogens with zero attached hydrogens (tertiary/aromatic N) is 3. The first-order valence-electron chi connectivity index (χ1n) is 20.4. The van der Waals surface area contributed by atoms with E-state index in [1.165, 1.54) is 0 Å². The molecule has 12 aromatic rings. The SMILES string of the molecule is c1ccc(-c2cccc(N(c3ccc4oc5ccccc5c4c3)c3cc(N(c4ccccc4)c4ccc5c(c4)oc4ccccc45)cc4oc(-c5ccccc5)nc34)c2)cc1. The number of aromatic nitrogens is 1. The number of hydrogen-bond acceptors (Lipinski definition) is 6. The van der Waals surface area contributed by atoms with E-state index in [1.807, 2.05) is 72.8 Å². The topological polar surface area (TPSA) is 58.8 Å². The van der Waals surface area contributed by atoms with E-state index in [-0.39, 0.29) is 0 Å². The van der Waals surface area contributed by atoms with Gasteiger partial charge in [-0.2, -0.15) is 0 Å². The summed E-state index contributed by atoms with van der Waals surface area (Å²) >= 11 is 0. The molecule has 12 rings (SSSR count). The van der Waals surface area contributed by atoms with Crippen molar-refractivity contribution < 1.29 is 13.3 Å². The Balaban J connectivity index is 1.14. The summed E-state index contributed by atoms with van der Waals surface area (Å²) in [6.45, 7) is 0. The quantitative estimate of drug-likeness (QED) is 0.153. The van der Waals surface area contributed by atoms with Gasteiger partial charge in [0.2, 0.25) is 5.89 Å². The molecule has 0 spiro atoms. The van der Waals surface area contributed by atoms with Crippen LogP contribution in [0.15, 0.2) is 226 Å². The molecule has 0 fully saturated rings. The number of rotatable bonds is 8. The molecule has 0 unspecified atom stereocenters. The normalized spacial score (nSPS) is 11.6. The lowest BCUT2D eigenvalue weighted by atomic mass is 10.0. The smallest absolute Gasteiger partial charge is 0.227 e. The third-order valence-electron chi connectivity index (χ3n) is 11.4. The van der Waals surface area contributed by atoms with Crippen LogP contribution in [0.3, 0.4) is 0 Å². The number of oxazole rings is 1. The number of furan rings is 2. The van der Waals surface area contributed by atoms with E-state index >= 15 is 0 Å². The van der Waals surface area contributed by atoms with E-state index in [2.05, 4.69) is 149 Å². The molecular weight excluding hydrogens is 751 g/mol. The number of hydrogen-bond donors (Lipinski definition) is 0. The molecule has 9 aromatic carbocycles. The van der Waals surface area contributed by atoms with Crippen LogP contribution in [0.2, 0.25) is 0 Å². The van der Waals surface area contributed by atoms with Crippen LogP contribution in [-0.4, -0.2) is 4.98 Å². The average Bonchev–Trinajstić information content (AvgIpc) is 4.04. The highest BCUT2D eigenvalue weighted by Crippen LogP contribution is 2.47. The van der Waals surface area contributed by atoms with Crippen LogP contribution in [0.4, 0.5) is 34.1 Å². The second-order valence-corrected chi connectivity index (χ2v) is 15.2. The summed E-state index contributed by atoms with van der Waals surface area (Å²) in [6.07, 6.45) is 0.